The first-order valence-electron chi connectivity index (χ1n) is 5.09. The van der Waals surface area contributed by atoms with Crippen molar-refractivity contribution in [3.63, 3.8) is 0 Å². The molecule has 78 valence electrons. The summed E-state index contributed by atoms with van der Waals surface area (Å²) in [7, 11) is 1.94. The highest BCUT2D eigenvalue weighted by Crippen LogP contribution is 2.22. The molecule has 0 aliphatic carbocycles. The molecule has 0 atom stereocenters. The number of nitrogens with zero attached hydrogens (tertiary/aromatic N) is 4. The van der Waals surface area contributed by atoms with E-state index in [4.69, 9.17) is 0 Å². The van der Waals surface area contributed by atoms with Crippen molar-refractivity contribution in [1.29, 1.82) is 0 Å². The van der Waals surface area contributed by atoms with Gasteiger partial charge in [0, 0.05) is 32.9 Å². The Morgan fingerprint density at radius 1 is 1.47 bits per heavy atom. The molecule has 0 bridgehead atoms. The van der Waals surface area contributed by atoms with E-state index in [2.05, 4.69) is 20.0 Å². The molecule has 3 rings (SSSR count). The fraction of sp³-hybridized carbons (Fsp3) is 0.400. The molecule has 0 aromatic carbocycles. The van der Waals surface area contributed by atoms with E-state index in [-0.39, 0.29) is 0 Å². The number of aromatic nitrogens is 4. The van der Waals surface area contributed by atoms with Crippen LogP contribution in [-0.2, 0) is 20.1 Å². The second-order valence-electron chi connectivity index (χ2n) is 3.75. The van der Waals surface area contributed by atoms with E-state index in [9.17, 15) is 0 Å². The Morgan fingerprint density at radius 3 is 3.20 bits per heavy atom. The minimum absolute atomic E-state index is 0.889. The summed E-state index contributed by atoms with van der Waals surface area (Å²) in [5.41, 5.74) is 3.37. The van der Waals surface area contributed by atoms with Gasteiger partial charge in [-0.2, -0.15) is 5.10 Å². The summed E-state index contributed by atoms with van der Waals surface area (Å²) >= 11 is 0. The molecule has 0 unspecified atom stereocenters. The summed E-state index contributed by atoms with van der Waals surface area (Å²) in [6.07, 6.45) is 3.72. The van der Waals surface area contributed by atoms with Crippen LogP contribution in [0.4, 0.5) is 0 Å². The topological polar surface area (TPSA) is 47.7 Å². The molecule has 0 saturated heterocycles. The zero-order chi connectivity index (χ0) is 10.3. The summed E-state index contributed by atoms with van der Waals surface area (Å²) in [6, 6.07) is 2.00. The van der Waals surface area contributed by atoms with Gasteiger partial charge in [0.2, 0.25) is 0 Å². The van der Waals surface area contributed by atoms with Gasteiger partial charge in [0.05, 0.1) is 17.7 Å². The molecule has 15 heavy (non-hydrogen) atoms. The lowest BCUT2D eigenvalue weighted by Crippen LogP contribution is -2.27. The number of aryl methyl sites for hydroxylation is 1. The highest BCUT2D eigenvalue weighted by atomic mass is 15.3. The molecular weight excluding hydrogens is 190 g/mol. The minimum atomic E-state index is 0.889. The Bertz CT molecular complexity index is 482. The maximum Gasteiger partial charge on any atom is 0.111 e. The van der Waals surface area contributed by atoms with Crippen molar-refractivity contribution in [1.82, 2.24) is 24.6 Å². The van der Waals surface area contributed by atoms with Crippen LogP contribution in [0.1, 0.15) is 5.69 Å². The quantitative estimate of drug-likeness (QED) is 0.729. The SMILES string of the molecule is Cn1nccc1-c1ncn2c1CNCC2. The molecule has 3 heterocycles. The van der Waals surface area contributed by atoms with E-state index in [1.807, 2.05) is 24.1 Å². The van der Waals surface area contributed by atoms with Gasteiger partial charge >= 0.3 is 0 Å². The van der Waals surface area contributed by atoms with Crippen molar-refractivity contribution in [2.45, 2.75) is 13.1 Å². The highest BCUT2D eigenvalue weighted by molar-refractivity contribution is 5.57. The Hall–Kier alpha value is -1.62. The lowest BCUT2D eigenvalue weighted by Gasteiger charge is -2.16. The van der Waals surface area contributed by atoms with Crippen molar-refractivity contribution < 1.29 is 0 Å². The van der Waals surface area contributed by atoms with Crippen LogP contribution in [0.25, 0.3) is 11.4 Å². The minimum Gasteiger partial charge on any atom is -0.332 e. The molecule has 2 aromatic heterocycles. The zero-order valence-corrected chi connectivity index (χ0v) is 8.64. The van der Waals surface area contributed by atoms with Crippen LogP contribution in [-0.4, -0.2) is 25.9 Å². The lowest BCUT2D eigenvalue weighted by atomic mass is 10.2. The van der Waals surface area contributed by atoms with Crippen LogP contribution in [0.5, 0.6) is 0 Å². The summed E-state index contributed by atoms with van der Waals surface area (Å²) in [5, 5.41) is 7.53. The van der Waals surface area contributed by atoms with Gasteiger partial charge in [0.25, 0.3) is 0 Å². The number of imidazole rings is 1. The van der Waals surface area contributed by atoms with Crippen molar-refractivity contribution in [3.8, 4) is 11.4 Å². The third-order valence-electron chi connectivity index (χ3n) is 2.83. The molecule has 0 saturated carbocycles. The predicted molar refractivity (Wildman–Crippen MR) is 56.1 cm³/mol. The van der Waals surface area contributed by atoms with Crippen LogP contribution in [0, 0.1) is 0 Å². The third kappa shape index (κ3) is 1.27. The highest BCUT2D eigenvalue weighted by Gasteiger charge is 2.17. The van der Waals surface area contributed by atoms with Gasteiger partial charge in [-0.3, -0.25) is 4.68 Å². The second kappa shape index (κ2) is 3.20. The van der Waals surface area contributed by atoms with Gasteiger partial charge in [-0.1, -0.05) is 0 Å². The van der Waals surface area contributed by atoms with Crippen molar-refractivity contribution in [3.05, 3.63) is 24.3 Å². The van der Waals surface area contributed by atoms with Crippen LogP contribution >= 0.6 is 0 Å². The average Bonchev–Trinajstić information content (AvgIpc) is 2.83. The summed E-state index contributed by atoms with van der Waals surface area (Å²) < 4.78 is 4.07. The predicted octanol–water partition coefficient (Wildman–Crippen LogP) is 0.387. The zero-order valence-electron chi connectivity index (χ0n) is 8.64. The van der Waals surface area contributed by atoms with Crippen molar-refractivity contribution in [2.75, 3.05) is 6.54 Å². The van der Waals surface area contributed by atoms with Crippen molar-refractivity contribution in [2.24, 2.45) is 7.05 Å². The van der Waals surface area contributed by atoms with Crippen LogP contribution in [0.2, 0.25) is 0 Å². The van der Waals surface area contributed by atoms with Crippen molar-refractivity contribution >= 4 is 0 Å². The molecule has 0 spiro atoms. The first-order valence-corrected chi connectivity index (χ1v) is 5.09. The Balaban J connectivity index is 2.13. The molecule has 1 N–H and O–H groups in total. The third-order valence-corrected chi connectivity index (χ3v) is 2.83. The van der Waals surface area contributed by atoms with E-state index in [0.717, 1.165) is 31.0 Å². The summed E-state index contributed by atoms with van der Waals surface area (Å²) in [6.45, 7) is 2.91. The Labute approximate surface area is 87.7 Å². The van der Waals surface area contributed by atoms with Gasteiger partial charge in [-0.25, -0.2) is 4.98 Å². The number of hydrogen-bond donors (Lipinski definition) is 1. The monoisotopic (exact) mass is 203 g/mol. The first-order chi connectivity index (χ1) is 7.36. The van der Waals surface area contributed by atoms with E-state index >= 15 is 0 Å². The van der Waals surface area contributed by atoms with Crippen LogP contribution in [0.3, 0.4) is 0 Å². The molecule has 5 nitrogen and oxygen atoms in total. The largest absolute Gasteiger partial charge is 0.332 e. The standard InChI is InChI=1S/C10H13N5/c1-14-8(2-3-13-14)10-9-6-11-4-5-15(9)7-12-10/h2-3,7,11H,4-6H2,1H3. The molecule has 1 aliphatic rings. The molecule has 5 heteroatoms. The van der Waals surface area contributed by atoms with Crippen LogP contribution < -0.4 is 5.32 Å². The maximum atomic E-state index is 4.46. The maximum absolute atomic E-state index is 4.46. The fourth-order valence-electron chi connectivity index (χ4n) is 2.01. The molecule has 2 aromatic rings. The normalized spacial score (nSPS) is 15.3. The number of hydrogen-bond acceptors (Lipinski definition) is 3. The first kappa shape index (κ1) is 8.67. The fourth-order valence-corrected chi connectivity index (χ4v) is 2.01. The number of rotatable bonds is 1. The van der Waals surface area contributed by atoms with Gasteiger partial charge in [0.1, 0.15) is 5.69 Å². The lowest BCUT2D eigenvalue weighted by molar-refractivity contribution is 0.516. The molecule has 1 aliphatic heterocycles. The molecule has 0 amide bonds. The number of fused-ring (bicyclic) bond motifs is 1. The summed E-state index contributed by atoms with van der Waals surface area (Å²) in [4.78, 5) is 4.46. The van der Waals surface area contributed by atoms with Gasteiger partial charge in [-0.15, -0.1) is 0 Å². The Kier molecular flexibility index (Phi) is 1.85. The second-order valence-corrected chi connectivity index (χ2v) is 3.75. The molecular formula is C10H13N5. The van der Waals surface area contributed by atoms with E-state index in [1.165, 1.54) is 5.69 Å². The summed E-state index contributed by atoms with van der Waals surface area (Å²) in [5.74, 6) is 0. The van der Waals surface area contributed by atoms with Crippen LogP contribution in [0.15, 0.2) is 18.6 Å². The molecule has 0 radical (unpaired) electrons. The van der Waals surface area contributed by atoms with E-state index < -0.39 is 0 Å². The van der Waals surface area contributed by atoms with E-state index in [1.54, 1.807) is 6.20 Å². The Morgan fingerprint density at radius 2 is 2.40 bits per heavy atom. The smallest absolute Gasteiger partial charge is 0.111 e. The van der Waals surface area contributed by atoms with E-state index in [0.29, 0.717) is 0 Å². The number of nitrogens with one attached hydrogen (secondary N) is 1. The average molecular weight is 203 g/mol. The van der Waals surface area contributed by atoms with Gasteiger partial charge in [-0.05, 0) is 6.07 Å². The van der Waals surface area contributed by atoms with Gasteiger partial charge in [0.15, 0.2) is 0 Å². The molecule has 0 fully saturated rings. The van der Waals surface area contributed by atoms with Gasteiger partial charge < -0.3 is 9.88 Å².